The van der Waals surface area contributed by atoms with E-state index in [2.05, 4.69) is 6.08 Å². The van der Waals surface area contributed by atoms with Gasteiger partial charge in [-0.1, -0.05) is 60.7 Å². The van der Waals surface area contributed by atoms with Crippen LogP contribution in [0.15, 0.2) is 60.7 Å². The first-order valence-electron chi connectivity index (χ1n) is 8.23. The first kappa shape index (κ1) is 16.2. The summed E-state index contributed by atoms with van der Waals surface area (Å²) in [6.07, 6.45) is 4.65. The second kappa shape index (κ2) is 7.26. The number of likely N-dealkylation sites (tertiary alicyclic amines) is 1. The highest BCUT2D eigenvalue weighted by Crippen LogP contribution is 2.22. The molecule has 3 nitrogen and oxygen atoms in total. The molecule has 122 valence electrons. The number of nitrogens with zero attached hydrogens (tertiary/aromatic N) is 1. The van der Waals surface area contributed by atoms with Crippen LogP contribution in [0.3, 0.4) is 0 Å². The third-order valence-electron chi connectivity index (χ3n) is 4.31. The number of rotatable bonds is 5. The van der Waals surface area contributed by atoms with Crippen molar-refractivity contribution in [2.24, 2.45) is 5.92 Å². The summed E-state index contributed by atoms with van der Waals surface area (Å²) < 4.78 is 0. The number of Topliss-reactive ketones (excluding diaryl/α,β-unsaturated/α-hetero) is 1. The average Bonchev–Trinajstić information content (AvgIpc) is 2.94. The quantitative estimate of drug-likeness (QED) is 0.783. The molecule has 0 N–H and O–H groups in total. The summed E-state index contributed by atoms with van der Waals surface area (Å²) in [4.78, 5) is 25.5. The highest BCUT2D eigenvalue weighted by atomic mass is 16.2. The molecule has 0 bridgehead atoms. The molecule has 1 aliphatic heterocycles. The van der Waals surface area contributed by atoms with Gasteiger partial charge in [-0.25, -0.2) is 0 Å². The largest absolute Gasteiger partial charge is 0.338 e. The SMILES string of the molecule is CC(=O)c1cccc(/C=C/C2CC(=O)N(Cc3ccccc3)C2)c1. The van der Waals surface area contributed by atoms with Crippen molar-refractivity contribution < 1.29 is 9.59 Å². The molecule has 24 heavy (non-hydrogen) atoms. The normalized spacial score (nSPS) is 17.6. The van der Waals surface area contributed by atoms with E-state index in [4.69, 9.17) is 0 Å². The Labute approximate surface area is 142 Å². The van der Waals surface area contributed by atoms with Gasteiger partial charge in [0.25, 0.3) is 0 Å². The van der Waals surface area contributed by atoms with Gasteiger partial charge in [0.2, 0.25) is 5.91 Å². The minimum atomic E-state index is 0.0651. The molecule has 0 aromatic heterocycles. The first-order chi connectivity index (χ1) is 11.6. The highest BCUT2D eigenvalue weighted by molar-refractivity contribution is 5.94. The number of carbonyl (C=O) groups is 2. The Morgan fingerprint density at radius 2 is 1.96 bits per heavy atom. The molecule has 1 aliphatic rings. The van der Waals surface area contributed by atoms with Crippen LogP contribution in [0, 0.1) is 5.92 Å². The van der Waals surface area contributed by atoms with Gasteiger partial charge >= 0.3 is 0 Å². The number of benzene rings is 2. The van der Waals surface area contributed by atoms with Crippen molar-refractivity contribution in [2.75, 3.05) is 6.54 Å². The second-order valence-electron chi connectivity index (χ2n) is 6.26. The first-order valence-corrected chi connectivity index (χ1v) is 8.23. The van der Waals surface area contributed by atoms with E-state index in [9.17, 15) is 9.59 Å². The maximum absolute atomic E-state index is 12.2. The molecule has 1 fully saturated rings. The summed E-state index contributed by atoms with van der Waals surface area (Å²) in [7, 11) is 0. The standard InChI is InChI=1S/C21H21NO2/c1-16(23)20-9-5-8-17(12-20)10-11-19-13-21(24)22(15-19)14-18-6-3-2-4-7-18/h2-12,19H,13-15H2,1H3/b11-10+. The third kappa shape index (κ3) is 3.99. The fraction of sp³-hybridized carbons (Fsp3) is 0.238. The topological polar surface area (TPSA) is 37.4 Å². The zero-order valence-electron chi connectivity index (χ0n) is 13.8. The molecular weight excluding hydrogens is 298 g/mol. The van der Waals surface area contributed by atoms with Crippen molar-refractivity contribution in [1.82, 2.24) is 4.90 Å². The second-order valence-corrected chi connectivity index (χ2v) is 6.26. The van der Waals surface area contributed by atoms with E-state index >= 15 is 0 Å². The van der Waals surface area contributed by atoms with Gasteiger partial charge in [-0.2, -0.15) is 0 Å². The number of hydrogen-bond acceptors (Lipinski definition) is 2. The van der Waals surface area contributed by atoms with Crippen molar-refractivity contribution in [3.63, 3.8) is 0 Å². The molecule has 0 spiro atoms. The van der Waals surface area contributed by atoms with E-state index in [0.29, 0.717) is 18.5 Å². The molecule has 2 aromatic carbocycles. The summed E-state index contributed by atoms with van der Waals surface area (Å²) >= 11 is 0. The van der Waals surface area contributed by atoms with E-state index in [1.807, 2.05) is 65.6 Å². The van der Waals surface area contributed by atoms with Crippen LogP contribution in [-0.2, 0) is 11.3 Å². The molecule has 1 unspecified atom stereocenters. The molecule has 0 aliphatic carbocycles. The van der Waals surface area contributed by atoms with Gasteiger partial charge in [0.05, 0.1) is 0 Å². The Bertz CT molecular complexity index is 764. The maximum Gasteiger partial charge on any atom is 0.223 e. The molecule has 0 radical (unpaired) electrons. The number of ketones is 1. The highest BCUT2D eigenvalue weighted by Gasteiger charge is 2.27. The molecule has 3 rings (SSSR count). The Balaban J connectivity index is 1.63. The van der Waals surface area contributed by atoms with Crippen LogP contribution < -0.4 is 0 Å². The molecule has 2 aromatic rings. The van der Waals surface area contributed by atoms with Gasteiger partial charge in [0, 0.05) is 31.0 Å². The predicted molar refractivity (Wildman–Crippen MR) is 95.4 cm³/mol. The van der Waals surface area contributed by atoms with Crippen molar-refractivity contribution >= 4 is 17.8 Å². The molecular formula is C21H21NO2. The molecule has 3 heteroatoms. The third-order valence-corrected chi connectivity index (χ3v) is 4.31. The minimum Gasteiger partial charge on any atom is -0.338 e. The fourth-order valence-electron chi connectivity index (χ4n) is 3.00. The van der Waals surface area contributed by atoms with E-state index in [1.54, 1.807) is 6.92 Å². The summed E-state index contributed by atoms with van der Waals surface area (Å²) in [6.45, 7) is 2.99. The average molecular weight is 319 g/mol. The summed E-state index contributed by atoms with van der Waals surface area (Å²) in [5, 5.41) is 0. The Kier molecular flexibility index (Phi) is 4.90. The molecule has 1 atom stereocenters. The Morgan fingerprint density at radius 1 is 1.17 bits per heavy atom. The summed E-state index contributed by atoms with van der Waals surface area (Å²) in [5.41, 5.74) is 2.87. The van der Waals surface area contributed by atoms with Gasteiger partial charge in [0.1, 0.15) is 0 Å². The van der Waals surface area contributed by atoms with Crippen LogP contribution in [0.5, 0.6) is 0 Å². The van der Waals surface area contributed by atoms with Gasteiger partial charge < -0.3 is 4.90 Å². The lowest BCUT2D eigenvalue weighted by Gasteiger charge is -2.15. The van der Waals surface area contributed by atoms with Crippen LogP contribution in [0.25, 0.3) is 6.08 Å². The Hall–Kier alpha value is -2.68. The lowest BCUT2D eigenvalue weighted by atomic mass is 10.0. The molecule has 1 saturated heterocycles. The van der Waals surface area contributed by atoms with Crippen LogP contribution in [0.4, 0.5) is 0 Å². The van der Waals surface area contributed by atoms with Crippen LogP contribution in [0.2, 0.25) is 0 Å². The lowest BCUT2D eigenvalue weighted by Crippen LogP contribution is -2.24. The van der Waals surface area contributed by atoms with E-state index < -0.39 is 0 Å². The zero-order chi connectivity index (χ0) is 16.9. The minimum absolute atomic E-state index is 0.0651. The maximum atomic E-state index is 12.2. The van der Waals surface area contributed by atoms with E-state index in [1.165, 1.54) is 0 Å². The summed E-state index contributed by atoms with van der Waals surface area (Å²) in [5.74, 6) is 0.489. The monoisotopic (exact) mass is 319 g/mol. The molecule has 1 heterocycles. The number of amides is 1. The smallest absolute Gasteiger partial charge is 0.223 e. The summed E-state index contributed by atoms with van der Waals surface area (Å²) in [6, 6.07) is 17.6. The van der Waals surface area contributed by atoms with Gasteiger partial charge in [-0.3, -0.25) is 9.59 Å². The van der Waals surface area contributed by atoms with Gasteiger partial charge in [-0.15, -0.1) is 0 Å². The van der Waals surface area contributed by atoms with Crippen molar-refractivity contribution in [3.8, 4) is 0 Å². The Morgan fingerprint density at radius 3 is 2.71 bits per heavy atom. The van der Waals surface area contributed by atoms with Crippen molar-refractivity contribution in [3.05, 3.63) is 77.4 Å². The zero-order valence-corrected chi connectivity index (χ0v) is 13.8. The van der Waals surface area contributed by atoms with E-state index in [-0.39, 0.29) is 17.6 Å². The van der Waals surface area contributed by atoms with Crippen LogP contribution in [0.1, 0.15) is 34.8 Å². The molecule has 1 amide bonds. The predicted octanol–water partition coefficient (Wildman–Crippen LogP) is 3.95. The van der Waals surface area contributed by atoms with Crippen molar-refractivity contribution in [1.29, 1.82) is 0 Å². The van der Waals surface area contributed by atoms with Crippen LogP contribution >= 0.6 is 0 Å². The molecule has 0 saturated carbocycles. The van der Waals surface area contributed by atoms with Crippen LogP contribution in [-0.4, -0.2) is 23.1 Å². The fourth-order valence-corrected chi connectivity index (χ4v) is 3.00. The van der Waals surface area contributed by atoms with Gasteiger partial charge in [0.15, 0.2) is 5.78 Å². The van der Waals surface area contributed by atoms with Gasteiger partial charge in [-0.05, 0) is 24.1 Å². The lowest BCUT2D eigenvalue weighted by molar-refractivity contribution is -0.128. The van der Waals surface area contributed by atoms with Crippen molar-refractivity contribution in [2.45, 2.75) is 19.9 Å². The number of carbonyl (C=O) groups excluding carboxylic acids is 2. The number of hydrogen-bond donors (Lipinski definition) is 0. The van der Waals surface area contributed by atoms with E-state index in [0.717, 1.165) is 17.7 Å².